The molecule has 2 N–H and O–H groups in total. The minimum absolute atomic E-state index is 0.202. The Morgan fingerprint density at radius 2 is 0.975 bits per heavy atom. The van der Waals surface area contributed by atoms with Crippen molar-refractivity contribution in [1.82, 2.24) is 0 Å². The Kier molecular flexibility index (Phi) is 9.94. The first-order chi connectivity index (χ1) is 18.8. The van der Waals surface area contributed by atoms with E-state index in [0.29, 0.717) is 36.9 Å². The Bertz CT molecular complexity index is 1040. The van der Waals surface area contributed by atoms with Crippen LogP contribution in [0.3, 0.4) is 0 Å². The first-order valence-electron chi connectivity index (χ1n) is 15.8. The van der Waals surface area contributed by atoms with Gasteiger partial charge in [0, 0.05) is 17.0 Å². The smallest absolute Gasteiger partial charge is 0.123 e. The van der Waals surface area contributed by atoms with Gasteiger partial charge in [-0.25, -0.2) is 0 Å². The lowest BCUT2D eigenvalue weighted by molar-refractivity contribution is 0.0167. The van der Waals surface area contributed by atoms with E-state index in [1.54, 1.807) is 0 Å². The van der Waals surface area contributed by atoms with E-state index in [-0.39, 0.29) is 16.7 Å². The third kappa shape index (κ3) is 7.62. The summed E-state index contributed by atoms with van der Waals surface area (Å²) in [5.41, 5.74) is 5.25. The van der Waals surface area contributed by atoms with Gasteiger partial charge in [-0.05, 0) is 83.0 Å². The fraction of sp³-hybridized carbons (Fsp3) is 0.667. The number of hydrogen-bond donors (Lipinski definition) is 2. The van der Waals surface area contributed by atoms with E-state index in [1.165, 1.54) is 38.5 Å². The third-order valence-corrected chi connectivity index (χ3v) is 9.02. The van der Waals surface area contributed by atoms with Crippen molar-refractivity contribution in [2.75, 3.05) is 0 Å². The van der Waals surface area contributed by atoms with E-state index in [2.05, 4.69) is 72.7 Å². The number of benzene rings is 2. The predicted molar refractivity (Wildman–Crippen MR) is 164 cm³/mol. The summed E-state index contributed by atoms with van der Waals surface area (Å²) in [6, 6.07) is 8.42. The van der Waals surface area contributed by atoms with Gasteiger partial charge in [0.05, 0.1) is 25.4 Å². The van der Waals surface area contributed by atoms with Gasteiger partial charge >= 0.3 is 0 Å². The maximum atomic E-state index is 11.6. The Balaban J connectivity index is 1.70. The summed E-state index contributed by atoms with van der Waals surface area (Å²) in [6.45, 7) is 16.0. The largest absolute Gasteiger partial charge is 0.507 e. The first kappa shape index (κ1) is 30.9. The molecule has 2 aliphatic carbocycles. The molecular formula is C36H54O4. The van der Waals surface area contributed by atoms with Crippen LogP contribution in [0.15, 0.2) is 24.3 Å². The molecule has 0 aliphatic heterocycles. The van der Waals surface area contributed by atoms with Gasteiger partial charge < -0.3 is 19.7 Å². The molecule has 0 aromatic heterocycles. The Morgan fingerprint density at radius 1 is 0.625 bits per heavy atom. The van der Waals surface area contributed by atoms with Crippen LogP contribution in [0.1, 0.15) is 152 Å². The van der Waals surface area contributed by atoms with Crippen LogP contribution < -0.4 is 0 Å². The summed E-state index contributed by atoms with van der Waals surface area (Å²) in [5, 5.41) is 23.2. The number of hydrogen-bond acceptors (Lipinski definition) is 4. The van der Waals surface area contributed by atoms with Gasteiger partial charge in [0.2, 0.25) is 0 Å². The zero-order chi connectivity index (χ0) is 29.1. The van der Waals surface area contributed by atoms with Gasteiger partial charge in [-0.2, -0.15) is 0 Å². The molecular weight excluding hydrogens is 496 g/mol. The van der Waals surface area contributed by atoms with Crippen molar-refractivity contribution in [1.29, 1.82) is 0 Å². The molecule has 2 aliphatic rings. The van der Waals surface area contributed by atoms with Crippen LogP contribution in [0.4, 0.5) is 0 Å². The maximum absolute atomic E-state index is 11.6. The predicted octanol–water partition coefficient (Wildman–Crippen LogP) is 9.54. The van der Waals surface area contributed by atoms with Crippen LogP contribution in [0.5, 0.6) is 11.5 Å². The maximum Gasteiger partial charge on any atom is 0.123 e. The summed E-state index contributed by atoms with van der Waals surface area (Å²) < 4.78 is 12.7. The van der Waals surface area contributed by atoms with Crippen molar-refractivity contribution in [2.45, 2.75) is 155 Å². The Morgan fingerprint density at radius 3 is 1.30 bits per heavy atom. The minimum atomic E-state index is -0.228. The molecule has 222 valence electrons. The molecule has 0 unspecified atom stereocenters. The Hall–Kier alpha value is -2.04. The zero-order valence-corrected chi connectivity index (χ0v) is 26.2. The molecule has 2 fully saturated rings. The second kappa shape index (κ2) is 12.9. The van der Waals surface area contributed by atoms with E-state index in [0.717, 1.165) is 59.1 Å². The summed E-state index contributed by atoms with van der Waals surface area (Å²) >= 11 is 0. The van der Waals surface area contributed by atoms with Crippen LogP contribution in [-0.2, 0) is 33.5 Å². The van der Waals surface area contributed by atoms with Gasteiger partial charge in [0.15, 0.2) is 0 Å². The van der Waals surface area contributed by atoms with Crippen molar-refractivity contribution in [2.24, 2.45) is 0 Å². The average Bonchev–Trinajstić information content (AvgIpc) is 2.91. The minimum Gasteiger partial charge on any atom is -0.507 e. The van der Waals surface area contributed by atoms with Crippen molar-refractivity contribution in [3.63, 3.8) is 0 Å². The van der Waals surface area contributed by atoms with E-state index >= 15 is 0 Å². The average molecular weight is 551 g/mol. The van der Waals surface area contributed by atoms with E-state index in [9.17, 15) is 10.2 Å². The van der Waals surface area contributed by atoms with Crippen molar-refractivity contribution in [3.8, 4) is 11.5 Å². The van der Waals surface area contributed by atoms with Crippen LogP contribution in [0.2, 0.25) is 0 Å². The van der Waals surface area contributed by atoms with Gasteiger partial charge in [0.1, 0.15) is 11.5 Å². The first-order valence-corrected chi connectivity index (χ1v) is 15.8. The zero-order valence-electron chi connectivity index (χ0n) is 26.2. The molecule has 0 atom stereocenters. The molecule has 2 saturated carbocycles. The lowest BCUT2D eigenvalue weighted by atomic mass is 9.78. The molecule has 2 aromatic carbocycles. The van der Waals surface area contributed by atoms with E-state index in [4.69, 9.17) is 9.47 Å². The number of phenolic OH excluding ortho intramolecular Hbond substituents is 2. The van der Waals surface area contributed by atoms with E-state index < -0.39 is 0 Å². The highest BCUT2D eigenvalue weighted by atomic mass is 16.5. The SMILES string of the molecule is CC(c1cc(COC2CCCCC2)cc(C(C)(C)C)c1O)c1cc(COC2CCCCC2)cc(C(C)(C)C)c1O. The summed E-state index contributed by atoms with van der Waals surface area (Å²) in [4.78, 5) is 0. The molecule has 4 rings (SSSR count). The molecule has 0 spiro atoms. The molecule has 4 nitrogen and oxygen atoms in total. The topological polar surface area (TPSA) is 58.9 Å². The monoisotopic (exact) mass is 550 g/mol. The van der Waals surface area contributed by atoms with Gasteiger partial charge in [-0.3, -0.25) is 0 Å². The van der Waals surface area contributed by atoms with Gasteiger partial charge in [-0.1, -0.05) is 87.0 Å². The molecule has 40 heavy (non-hydrogen) atoms. The standard InChI is InChI=1S/C36H54O4/c1-24(29-18-25(20-31(33(29)37)35(2,3)4)22-39-27-14-10-8-11-15-27)30-19-26(21-32(34(30)38)36(5,6)7)23-40-28-16-12-9-13-17-28/h18-21,24,27-28,37-38H,8-17,22-23H2,1-7H3. The van der Waals surface area contributed by atoms with Crippen LogP contribution in [0.25, 0.3) is 0 Å². The van der Waals surface area contributed by atoms with Crippen LogP contribution in [0, 0.1) is 0 Å². The molecule has 0 saturated heterocycles. The molecule has 0 radical (unpaired) electrons. The number of phenols is 2. The number of ether oxygens (including phenoxy) is 2. The highest BCUT2D eigenvalue weighted by Crippen LogP contribution is 2.45. The van der Waals surface area contributed by atoms with E-state index in [1.807, 2.05) is 0 Å². The van der Waals surface area contributed by atoms with Crippen molar-refractivity contribution in [3.05, 3.63) is 57.6 Å². The van der Waals surface area contributed by atoms with Gasteiger partial charge in [0.25, 0.3) is 0 Å². The van der Waals surface area contributed by atoms with Crippen LogP contribution in [-0.4, -0.2) is 22.4 Å². The summed E-state index contributed by atoms with van der Waals surface area (Å²) in [6.07, 6.45) is 12.7. The lowest BCUT2D eigenvalue weighted by Gasteiger charge is -2.29. The quantitative estimate of drug-likeness (QED) is 0.343. The fourth-order valence-electron chi connectivity index (χ4n) is 6.47. The number of aromatic hydroxyl groups is 2. The molecule has 0 bridgehead atoms. The van der Waals surface area contributed by atoms with Crippen molar-refractivity contribution < 1.29 is 19.7 Å². The second-order valence-electron chi connectivity index (χ2n) is 14.5. The lowest BCUT2D eigenvalue weighted by Crippen LogP contribution is -2.18. The highest BCUT2D eigenvalue weighted by molar-refractivity contribution is 5.56. The van der Waals surface area contributed by atoms with Gasteiger partial charge in [-0.15, -0.1) is 0 Å². The summed E-state index contributed by atoms with van der Waals surface area (Å²) in [7, 11) is 0. The third-order valence-electron chi connectivity index (χ3n) is 9.02. The summed E-state index contributed by atoms with van der Waals surface area (Å²) in [5.74, 6) is 0.440. The normalized spacial score (nSPS) is 18.0. The Labute approximate surface area is 243 Å². The number of rotatable bonds is 8. The van der Waals surface area contributed by atoms with Crippen molar-refractivity contribution >= 4 is 0 Å². The molecule has 2 aromatic rings. The van der Waals surface area contributed by atoms with Crippen LogP contribution >= 0.6 is 0 Å². The fourth-order valence-corrected chi connectivity index (χ4v) is 6.47. The molecule has 4 heteroatoms. The molecule has 0 amide bonds. The highest BCUT2D eigenvalue weighted by Gasteiger charge is 2.29. The molecule has 0 heterocycles. The second-order valence-corrected chi connectivity index (χ2v) is 14.5.